The van der Waals surface area contributed by atoms with Crippen LogP contribution in [0.4, 0.5) is 0 Å². The number of hydrogen-bond acceptors (Lipinski definition) is 1. The molecule has 0 fully saturated rings. The molecule has 0 aromatic heterocycles. The predicted molar refractivity (Wildman–Crippen MR) is 96.0 cm³/mol. The van der Waals surface area contributed by atoms with Crippen molar-refractivity contribution < 1.29 is 4.74 Å². The Bertz CT molecular complexity index is 579. The Morgan fingerprint density at radius 1 is 0.773 bits per heavy atom. The molecular weight excluding hydrogens is 268 g/mol. The van der Waals surface area contributed by atoms with Gasteiger partial charge in [0.25, 0.3) is 0 Å². The van der Waals surface area contributed by atoms with Crippen molar-refractivity contribution in [2.75, 3.05) is 6.61 Å². The molecule has 2 rings (SSSR count). The summed E-state index contributed by atoms with van der Waals surface area (Å²) in [6.45, 7) is 3.01. The van der Waals surface area contributed by atoms with Crippen LogP contribution in [0.25, 0.3) is 12.2 Å². The summed E-state index contributed by atoms with van der Waals surface area (Å²) in [6.07, 6.45) is 11.9. The Balaban J connectivity index is 1.80. The highest BCUT2D eigenvalue weighted by atomic mass is 16.5. The molecule has 0 saturated carbocycles. The zero-order valence-electron chi connectivity index (χ0n) is 13.2. The summed E-state index contributed by atoms with van der Waals surface area (Å²) in [5.41, 5.74) is 2.39. The molecule has 0 bridgehead atoms. The van der Waals surface area contributed by atoms with Crippen molar-refractivity contribution in [3.05, 3.63) is 77.9 Å². The van der Waals surface area contributed by atoms with Crippen LogP contribution >= 0.6 is 0 Å². The Morgan fingerprint density at radius 3 is 2.05 bits per heavy atom. The number of unbranched alkanes of at least 4 members (excludes halogenated alkanes) is 2. The number of rotatable bonds is 8. The van der Waals surface area contributed by atoms with Gasteiger partial charge in [0.15, 0.2) is 0 Å². The fraction of sp³-hybridized carbons (Fsp3) is 0.238. The largest absolute Gasteiger partial charge is 0.494 e. The van der Waals surface area contributed by atoms with Gasteiger partial charge in [0.2, 0.25) is 0 Å². The summed E-state index contributed by atoms with van der Waals surface area (Å²) < 4.78 is 5.71. The second-order valence-corrected chi connectivity index (χ2v) is 5.25. The average Bonchev–Trinajstić information content (AvgIpc) is 2.58. The molecule has 22 heavy (non-hydrogen) atoms. The van der Waals surface area contributed by atoms with Crippen LogP contribution in [0.15, 0.2) is 66.7 Å². The molecule has 1 nitrogen and oxygen atoms in total. The van der Waals surface area contributed by atoms with Crippen molar-refractivity contribution in [1.82, 2.24) is 0 Å². The lowest BCUT2D eigenvalue weighted by atomic mass is 10.2. The molecule has 0 spiro atoms. The highest BCUT2D eigenvalue weighted by molar-refractivity contribution is 5.57. The lowest BCUT2D eigenvalue weighted by Gasteiger charge is -2.05. The zero-order valence-corrected chi connectivity index (χ0v) is 13.2. The van der Waals surface area contributed by atoms with Crippen molar-refractivity contribution in [3.8, 4) is 5.75 Å². The fourth-order valence-corrected chi connectivity index (χ4v) is 2.11. The summed E-state index contributed by atoms with van der Waals surface area (Å²) in [5.74, 6) is 0.952. The van der Waals surface area contributed by atoms with Crippen LogP contribution in [0.3, 0.4) is 0 Å². The number of ether oxygens (including phenoxy) is 1. The molecule has 0 saturated heterocycles. The van der Waals surface area contributed by atoms with Crippen molar-refractivity contribution in [2.24, 2.45) is 0 Å². The summed E-state index contributed by atoms with van der Waals surface area (Å²) in [4.78, 5) is 0. The van der Waals surface area contributed by atoms with Crippen LogP contribution < -0.4 is 4.74 Å². The Kier molecular flexibility index (Phi) is 7.04. The average molecular weight is 292 g/mol. The van der Waals surface area contributed by atoms with Gasteiger partial charge in [0, 0.05) is 0 Å². The van der Waals surface area contributed by atoms with Gasteiger partial charge < -0.3 is 4.74 Å². The minimum absolute atomic E-state index is 0.808. The van der Waals surface area contributed by atoms with Gasteiger partial charge in [0.05, 0.1) is 6.61 Å². The van der Waals surface area contributed by atoms with E-state index in [9.17, 15) is 0 Å². The summed E-state index contributed by atoms with van der Waals surface area (Å²) >= 11 is 0. The van der Waals surface area contributed by atoms with Gasteiger partial charge in [-0.2, -0.15) is 0 Å². The first-order chi connectivity index (χ1) is 10.9. The van der Waals surface area contributed by atoms with E-state index in [1.54, 1.807) is 0 Å². The van der Waals surface area contributed by atoms with E-state index in [1.807, 2.05) is 30.3 Å². The molecule has 0 aliphatic heterocycles. The molecule has 2 aromatic carbocycles. The van der Waals surface area contributed by atoms with Gasteiger partial charge >= 0.3 is 0 Å². The quantitative estimate of drug-likeness (QED) is 0.429. The van der Waals surface area contributed by atoms with E-state index >= 15 is 0 Å². The lowest BCUT2D eigenvalue weighted by Crippen LogP contribution is -1.96. The Hall–Kier alpha value is -2.28. The van der Waals surface area contributed by atoms with E-state index in [-0.39, 0.29) is 0 Å². The maximum Gasteiger partial charge on any atom is 0.119 e. The smallest absolute Gasteiger partial charge is 0.119 e. The van der Waals surface area contributed by atoms with Crippen molar-refractivity contribution >= 4 is 12.2 Å². The molecule has 0 heterocycles. The minimum atomic E-state index is 0.808. The van der Waals surface area contributed by atoms with Gasteiger partial charge in [0.1, 0.15) is 5.75 Å². The fourth-order valence-electron chi connectivity index (χ4n) is 2.11. The standard InChI is InChI=1S/C21H24O/c1-2-3-9-18-22-21-16-14-20(15-17-21)13-8-7-12-19-10-5-4-6-11-19/h4-8,10-17H,2-3,9,18H2,1H3/b12-7+,13-8+. The van der Waals surface area contributed by atoms with Crippen LogP contribution in [-0.4, -0.2) is 6.61 Å². The third kappa shape index (κ3) is 6.01. The SMILES string of the molecule is CCCCCOc1ccc(/C=C/C=C/c2ccccc2)cc1. The summed E-state index contributed by atoms with van der Waals surface area (Å²) in [7, 11) is 0. The predicted octanol–water partition coefficient (Wildman–Crippen LogP) is 5.98. The second-order valence-electron chi connectivity index (χ2n) is 5.25. The summed E-state index contributed by atoms with van der Waals surface area (Å²) in [5, 5.41) is 0. The van der Waals surface area contributed by atoms with Crippen LogP contribution in [0, 0.1) is 0 Å². The number of hydrogen-bond donors (Lipinski definition) is 0. The molecule has 0 aliphatic carbocycles. The van der Waals surface area contributed by atoms with Crippen molar-refractivity contribution in [2.45, 2.75) is 26.2 Å². The third-order valence-corrected chi connectivity index (χ3v) is 3.38. The Labute approximate surface area is 134 Å². The van der Waals surface area contributed by atoms with Gasteiger partial charge in [-0.3, -0.25) is 0 Å². The van der Waals surface area contributed by atoms with E-state index in [2.05, 4.69) is 55.5 Å². The van der Waals surface area contributed by atoms with E-state index in [0.29, 0.717) is 0 Å². The van der Waals surface area contributed by atoms with Gasteiger partial charge in [-0.25, -0.2) is 0 Å². The van der Waals surface area contributed by atoms with Crippen molar-refractivity contribution in [1.29, 1.82) is 0 Å². The highest BCUT2D eigenvalue weighted by Gasteiger charge is 1.93. The topological polar surface area (TPSA) is 9.23 Å². The first-order valence-electron chi connectivity index (χ1n) is 8.01. The molecule has 0 atom stereocenters. The van der Waals surface area contributed by atoms with Gasteiger partial charge in [-0.05, 0) is 29.7 Å². The molecular formula is C21H24O. The summed E-state index contributed by atoms with van der Waals surface area (Å²) in [6, 6.07) is 18.5. The minimum Gasteiger partial charge on any atom is -0.494 e. The van der Waals surface area contributed by atoms with Crippen LogP contribution in [-0.2, 0) is 0 Å². The molecule has 0 radical (unpaired) electrons. The highest BCUT2D eigenvalue weighted by Crippen LogP contribution is 2.14. The molecule has 0 unspecified atom stereocenters. The van der Waals surface area contributed by atoms with Gasteiger partial charge in [-0.15, -0.1) is 0 Å². The maximum atomic E-state index is 5.71. The zero-order chi connectivity index (χ0) is 15.5. The van der Waals surface area contributed by atoms with Crippen LogP contribution in [0.5, 0.6) is 5.75 Å². The monoisotopic (exact) mass is 292 g/mol. The van der Waals surface area contributed by atoms with Crippen LogP contribution in [0.2, 0.25) is 0 Å². The molecule has 0 amide bonds. The number of allylic oxidation sites excluding steroid dienone is 2. The van der Waals surface area contributed by atoms with E-state index < -0.39 is 0 Å². The first kappa shape index (κ1) is 16.1. The maximum absolute atomic E-state index is 5.71. The van der Waals surface area contributed by atoms with E-state index in [0.717, 1.165) is 18.8 Å². The first-order valence-corrected chi connectivity index (χ1v) is 8.01. The molecule has 0 aliphatic rings. The Morgan fingerprint density at radius 2 is 1.41 bits per heavy atom. The second kappa shape index (κ2) is 9.62. The molecule has 1 heteroatoms. The third-order valence-electron chi connectivity index (χ3n) is 3.38. The van der Waals surface area contributed by atoms with E-state index in [1.165, 1.54) is 24.0 Å². The van der Waals surface area contributed by atoms with Crippen molar-refractivity contribution in [3.63, 3.8) is 0 Å². The van der Waals surface area contributed by atoms with Crippen LogP contribution in [0.1, 0.15) is 37.3 Å². The molecule has 2 aromatic rings. The molecule has 0 N–H and O–H groups in total. The lowest BCUT2D eigenvalue weighted by molar-refractivity contribution is 0.306. The van der Waals surface area contributed by atoms with Gasteiger partial charge in [-0.1, -0.05) is 86.5 Å². The normalized spacial score (nSPS) is 11.3. The molecule has 114 valence electrons. The number of benzene rings is 2. The van der Waals surface area contributed by atoms with E-state index in [4.69, 9.17) is 4.74 Å².